The van der Waals surface area contributed by atoms with E-state index in [1.807, 2.05) is 19.1 Å². The number of aliphatic carboxylic acids is 1. The molecule has 0 aliphatic carbocycles. The molecular formula is C12H17N5O2. The van der Waals surface area contributed by atoms with Gasteiger partial charge in [0, 0.05) is 6.42 Å². The van der Waals surface area contributed by atoms with Crippen LogP contribution >= 0.6 is 0 Å². The van der Waals surface area contributed by atoms with Crippen molar-refractivity contribution in [3.8, 4) is 0 Å². The molecule has 7 N–H and O–H groups in total. The van der Waals surface area contributed by atoms with Gasteiger partial charge in [-0.15, -0.1) is 0 Å². The molecule has 7 nitrogen and oxygen atoms in total. The molecule has 0 bridgehead atoms. The molecule has 1 aromatic rings. The van der Waals surface area contributed by atoms with Gasteiger partial charge in [0.25, 0.3) is 0 Å². The summed E-state index contributed by atoms with van der Waals surface area (Å²) in [6, 6.07) is 5.47. The van der Waals surface area contributed by atoms with Crippen molar-refractivity contribution in [3.63, 3.8) is 0 Å². The smallest absolute Gasteiger partial charge is 0.303 e. The topological polar surface area (TPSA) is 140 Å². The molecule has 0 aromatic heterocycles. The third kappa shape index (κ3) is 5.07. The third-order valence-corrected chi connectivity index (χ3v) is 2.38. The van der Waals surface area contributed by atoms with E-state index in [0.717, 1.165) is 11.1 Å². The van der Waals surface area contributed by atoms with Crippen molar-refractivity contribution < 1.29 is 9.90 Å². The second-order valence-electron chi connectivity index (χ2n) is 4.02. The van der Waals surface area contributed by atoms with E-state index in [9.17, 15) is 4.79 Å². The molecule has 0 aliphatic rings. The van der Waals surface area contributed by atoms with E-state index >= 15 is 0 Å². The number of carbonyl (C=O) groups is 1. The average Bonchev–Trinajstić information content (AvgIpc) is 2.29. The molecule has 0 aliphatic heterocycles. The van der Waals surface area contributed by atoms with E-state index in [1.165, 1.54) is 0 Å². The Morgan fingerprint density at radius 2 is 2.00 bits per heavy atom. The van der Waals surface area contributed by atoms with Crippen LogP contribution in [0.25, 0.3) is 0 Å². The number of aliphatic imine (C=N–C) groups is 2. The Kier molecular flexibility index (Phi) is 4.87. The fourth-order valence-electron chi connectivity index (χ4n) is 1.46. The van der Waals surface area contributed by atoms with Crippen LogP contribution in [0.4, 0.5) is 5.69 Å². The Hall–Kier alpha value is -2.57. The Balaban J connectivity index is 2.97. The van der Waals surface area contributed by atoms with Gasteiger partial charge in [0.15, 0.2) is 5.96 Å². The van der Waals surface area contributed by atoms with E-state index in [1.54, 1.807) is 6.07 Å². The van der Waals surface area contributed by atoms with Crippen molar-refractivity contribution in [2.45, 2.75) is 19.8 Å². The quantitative estimate of drug-likeness (QED) is 0.454. The van der Waals surface area contributed by atoms with Crippen molar-refractivity contribution in [2.24, 2.45) is 27.2 Å². The molecule has 0 atom stereocenters. The lowest BCUT2D eigenvalue weighted by Crippen LogP contribution is -2.26. The zero-order valence-corrected chi connectivity index (χ0v) is 10.6. The summed E-state index contributed by atoms with van der Waals surface area (Å²) in [6.07, 6.45) is 0.496. The summed E-state index contributed by atoms with van der Waals surface area (Å²) < 4.78 is 0. The van der Waals surface area contributed by atoms with Crippen molar-refractivity contribution in [1.29, 1.82) is 0 Å². The molecule has 1 rings (SSSR count). The van der Waals surface area contributed by atoms with Gasteiger partial charge in [0.1, 0.15) is 0 Å². The van der Waals surface area contributed by atoms with E-state index in [4.69, 9.17) is 22.3 Å². The average molecular weight is 263 g/mol. The first-order valence-electron chi connectivity index (χ1n) is 5.63. The van der Waals surface area contributed by atoms with Crippen molar-refractivity contribution in [3.05, 3.63) is 29.3 Å². The van der Waals surface area contributed by atoms with Crippen LogP contribution in [0.15, 0.2) is 28.2 Å². The second kappa shape index (κ2) is 6.39. The fraction of sp³-hybridized carbons (Fsp3) is 0.250. The molecule has 1 aromatic carbocycles. The summed E-state index contributed by atoms with van der Waals surface area (Å²) in [5.74, 6) is -1.05. The number of nitrogens with two attached hydrogens (primary N) is 3. The number of carboxylic acids is 1. The summed E-state index contributed by atoms with van der Waals surface area (Å²) in [5.41, 5.74) is 18.3. The summed E-state index contributed by atoms with van der Waals surface area (Å²) in [7, 11) is 0. The molecule has 0 saturated carbocycles. The van der Waals surface area contributed by atoms with E-state index in [2.05, 4.69) is 9.98 Å². The SMILES string of the molecule is Cc1ccc(CCC(=O)O)cc1N=C(N)N=C(N)N. The molecule has 0 unspecified atom stereocenters. The normalized spacial score (nSPS) is 11.1. The standard InChI is InChI=1S/C12H17N5O2/c1-7-2-3-8(4-5-10(18)19)6-9(7)16-12(15)17-11(13)14/h2-3,6H,4-5H2,1H3,(H,18,19)(H6,13,14,15,16,17). The van der Waals surface area contributed by atoms with Gasteiger partial charge in [-0.25, -0.2) is 4.99 Å². The van der Waals surface area contributed by atoms with Crippen LogP contribution in [-0.4, -0.2) is 23.0 Å². The van der Waals surface area contributed by atoms with Gasteiger partial charge in [0.2, 0.25) is 5.96 Å². The minimum Gasteiger partial charge on any atom is -0.481 e. The van der Waals surface area contributed by atoms with Crippen LogP contribution in [0.1, 0.15) is 17.5 Å². The van der Waals surface area contributed by atoms with Gasteiger partial charge < -0.3 is 22.3 Å². The van der Waals surface area contributed by atoms with Crippen LogP contribution in [0, 0.1) is 6.92 Å². The van der Waals surface area contributed by atoms with Gasteiger partial charge in [0.05, 0.1) is 5.69 Å². The Morgan fingerprint density at radius 1 is 1.32 bits per heavy atom. The zero-order chi connectivity index (χ0) is 14.4. The first-order chi connectivity index (χ1) is 8.88. The molecule has 0 fully saturated rings. The predicted octanol–water partition coefficient (Wildman–Crippen LogP) is 0.232. The molecule has 102 valence electrons. The summed E-state index contributed by atoms with van der Waals surface area (Å²) in [5, 5.41) is 8.65. The monoisotopic (exact) mass is 263 g/mol. The van der Waals surface area contributed by atoms with Gasteiger partial charge >= 0.3 is 5.97 Å². The second-order valence-corrected chi connectivity index (χ2v) is 4.02. The van der Waals surface area contributed by atoms with E-state index in [-0.39, 0.29) is 18.3 Å². The minimum absolute atomic E-state index is 0.0431. The number of rotatable bonds is 4. The lowest BCUT2D eigenvalue weighted by Gasteiger charge is -2.04. The maximum Gasteiger partial charge on any atom is 0.303 e. The molecular weight excluding hydrogens is 246 g/mol. The maximum atomic E-state index is 10.5. The summed E-state index contributed by atoms with van der Waals surface area (Å²) in [6.45, 7) is 1.86. The fourth-order valence-corrected chi connectivity index (χ4v) is 1.46. The molecule has 0 saturated heterocycles. The number of aryl methyl sites for hydroxylation is 2. The third-order valence-electron chi connectivity index (χ3n) is 2.38. The molecule has 0 radical (unpaired) electrons. The Bertz CT molecular complexity index is 533. The predicted molar refractivity (Wildman–Crippen MR) is 74.2 cm³/mol. The number of carboxylic acid groups (broad SMARTS) is 1. The van der Waals surface area contributed by atoms with Gasteiger partial charge in [-0.05, 0) is 30.5 Å². The van der Waals surface area contributed by atoms with Crippen LogP contribution in [-0.2, 0) is 11.2 Å². The highest BCUT2D eigenvalue weighted by Crippen LogP contribution is 2.21. The van der Waals surface area contributed by atoms with Crippen LogP contribution in [0.5, 0.6) is 0 Å². The highest BCUT2D eigenvalue weighted by Gasteiger charge is 2.03. The van der Waals surface area contributed by atoms with E-state index < -0.39 is 5.97 Å². The first kappa shape index (κ1) is 14.5. The van der Waals surface area contributed by atoms with Gasteiger partial charge in [-0.3, -0.25) is 4.79 Å². The molecule has 19 heavy (non-hydrogen) atoms. The molecule has 0 amide bonds. The lowest BCUT2D eigenvalue weighted by atomic mass is 10.1. The minimum atomic E-state index is -0.842. The highest BCUT2D eigenvalue weighted by molar-refractivity contribution is 5.93. The molecule has 7 heteroatoms. The number of benzene rings is 1. The summed E-state index contributed by atoms with van der Waals surface area (Å²) in [4.78, 5) is 18.2. The maximum absolute atomic E-state index is 10.5. The number of hydrogen-bond acceptors (Lipinski definition) is 2. The largest absolute Gasteiger partial charge is 0.481 e. The Morgan fingerprint density at radius 3 is 2.58 bits per heavy atom. The van der Waals surface area contributed by atoms with E-state index in [0.29, 0.717) is 12.1 Å². The Labute approximate surface area is 110 Å². The molecule has 0 heterocycles. The summed E-state index contributed by atoms with van der Waals surface area (Å²) >= 11 is 0. The van der Waals surface area contributed by atoms with Crippen LogP contribution < -0.4 is 17.2 Å². The van der Waals surface area contributed by atoms with Gasteiger partial charge in [-0.1, -0.05) is 12.1 Å². The zero-order valence-electron chi connectivity index (χ0n) is 10.6. The van der Waals surface area contributed by atoms with Crippen molar-refractivity contribution >= 4 is 23.6 Å². The van der Waals surface area contributed by atoms with Crippen LogP contribution in [0.3, 0.4) is 0 Å². The van der Waals surface area contributed by atoms with Crippen molar-refractivity contribution in [2.75, 3.05) is 0 Å². The number of guanidine groups is 2. The number of nitrogens with zero attached hydrogens (tertiary/aromatic N) is 2. The molecule has 0 spiro atoms. The van der Waals surface area contributed by atoms with Crippen LogP contribution in [0.2, 0.25) is 0 Å². The van der Waals surface area contributed by atoms with Crippen molar-refractivity contribution in [1.82, 2.24) is 0 Å². The highest BCUT2D eigenvalue weighted by atomic mass is 16.4. The lowest BCUT2D eigenvalue weighted by molar-refractivity contribution is -0.136. The number of hydrogen-bond donors (Lipinski definition) is 4. The van der Waals surface area contributed by atoms with Gasteiger partial charge in [-0.2, -0.15) is 4.99 Å². The first-order valence-corrected chi connectivity index (χ1v) is 5.63.